The van der Waals surface area contributed by atoms with E-state index in [4.69, 9.17) is 10.5 Å². The molecule has 2 N–H and O–H groups in total. The molecular formula is C19H20N2O2. The van der Waals surface area contributed by atoms with Crippen LogP contribution in [-0.4, -0.2) is 17.6 Å². The molecule has 0 fully saturated rings. The third kappa shape index (κ3) is 5.43. The third-order valence-corrected chi connectivity index (χ3v) is 3.28. The second-order valence-corrected chi connectivity index (χ2v) is 5.02. The van der Waals surface area contributed by atoms with E-state index in [1.807, 2.05) is 30.5 Å². The summed E-state index contributed by atoms with van der Waals surface area (Å²) in [5.74, 6) is -0.496. The van der Waals surface area contributed by atoms with Gasteiger partial charge in [-0.3, -0.25) is 4.98 Å². The van der Waals surface area contributed by atoms with Crippen molar-refractivity contribution in [3.05, 3.63) is 83.3 Å². The highest BCUT2D eigenvalue weighted by Crippen LogP contribution is 2.11. The lowest BCUT2D eigenvalue weighted by molar-refractivity contribution is -0.137. The summed E-state index contributed by atoms with van der Waals surface area (Å²) in [5.41, 5.74) is 9.03. The summed E-state index contributed by atoms with van der Waals surface area (Å²) in [6, 6.07) is 12.2. The van der Waals surface area contributed by atoms with Gasteiger partial charge in [-0.2, -0.15) is 0 Å². The molecule has 118 valence electrons. The third-order valence-electron chi connectivity index (χ3n) is 3.28. The number of carbonyl (C=O) groups is 1. The average Bonchev–Trinajstić information content (AvgIpc) is 2.60. The van der Waals surface area contributed by atoms with E-state index in [2.05, 4.69) is 23.2 Å². The first-order valence-corrected chi connectivity index (χ1v) is 7.42. The van der Waals surface area contributed by atoms with Gasteiger partial charge in [0.15, 0.2) is 0 Å². The van der Waals surface area contributed by atoms with Crippen molar-refractivity contribution in [2.45, 2.75) is 13.3 Å². The zero-order valence-electron chi connectivity index (χ0n) is 13.1. The Kier molecular flexibility index (Phi) is 6.12. The molecule has 4 nitrogen and oxygen atoms in total. The predicted octanol–water partition coefficient (Wildman–Crippen LogP) is 3.09. The normalized spacial score (nSPS) is 11.6. The molecule has 0 spiro atoms. The lowest BCUT2D eigenvalue weighted by Crippen LogP contribution is -2.14. The second kappa shape index (κ2) is 8.54. The van der Waals surface area contributed by atoms with Crippen molar-refractivity contribution in [1.29, 1.82) is 0 Å². The minimum absolute atomic E-state index is 0.123. The van der Waals surface area contributed by atoms with Gasteiger partial charge in [0, 0.05) is 12.4 Å². The van der Waals surface area contributed by atoms with Crippen LogP contribution >= 0.6 is 0 Å². The van der Waals surface area contributed by atoms with Crippen LogP contribution in [0.15, 0.2) is 66.6 Å². The van der Waals surface area contributed by atoms with Gasteiger partial charge < -0.3 is 10.5 Å². The molecule has 1 aromatic heterocycles. The van der Waals surface area contributed by atoms with Crippen LogP contribution in [0.2, 0.25) is 0 Å². The molecule has 23 heavy (non-hydrogen) atoms. The maximum atomic E-state index is 11.3. The van der Waals surface area contributed by atoms with E-state index in [9.17, 15) is 4.79 Å². The van der Waals surface area contributed by atoms with Crippen molar-refractivity contribution in [3.63, 3.8) is 0 Å². The van der Waals surface area contributed by atoms with E-state index < -0.39 is 5.97 Å². The molecule has 0 amide bonds. The van der Waals surface area contributed by atoms with Crippen LogP contribution in [0, 0.1) is 0 Å². The summed E-state index contributed by atoms with van der Waals surface area (Å²) in [4.78, 5) is 15.5. The second-order valence-electron chi connectivity index (χ2n) is 5.02. The molecule has 0 saturated carbocycles. The minimum Gasteiger partial charge on any atom is -0.457 e. The molecular weight excluding hydrogens is 288 g/mol. The number of aromatic nitrogens is 1. The Labute approximate surface area is 136 Å². The molecule has 0 unspecified atom stereocenters. The summed E-state index contributed by atoms with van der Waals surface area (Å²) in [7, 11) is 0. The van der Waals surface area contributed by atoms with E-state index in [-0.39, 0.29) is 12.3 Å². The lowest BCUT2D eigenvalue weighted by atomic mass is 10.0. The summed E-state index contributed by atoms with van der Waals surface area (Å²) in [6.45, 7) is 1.89. The average molecular weight is 308 g/mol. The Hall–Kier alpha value is -2.88. The Balaban J connectivity index is 1.85. The monoisotopic (exact) mass is 308 g/mol. The van der Waals surface area contributed by atoms with Crippen LogP contribution in [0.5, 0.6) is 0 Å². The minimum atomic E-state index is -0.496. The number of allylic oxidation sites excluding steroid dienone is 1. The number of benzene rings is 1. The molecule has 0 radical (unpaired) electrons. The summed E-state index contributed by atoms with van der Waals surface area (Å²) in [6.07, 6.45) is 9.72. The van der Waals surface area contributed by atoms with E-state index in [0.717, 1.165) is 12.0 Å². The summed E-state index contributed by atoms with van der Waals surface area (Å²) >= 11 is 0. The maximum Gasteiger partial charge on any atom is 0.354 e. The number of carbonyl (C=O) groups excluding carboxylic acids is 1. The van der Waals surface area contributed by atoms with E-state index in [1.165, 1.54) is 17.2 Å². The van der Waals surface area contributed by atoms with E-state index in [0.29, 0.717) is 0 Å². The Morgan fingerprint density at radius 3 is 2.65 bits per heavy atom. The number of esters is 1. The SMILES string of the molecule is C/C=C(\N)C(=O)OCC=Cc1ccc(Cc2cccnc2)cc1. The van der Waals surface area contributed by atoms with Crippen LogP contribution in [0.25, 0.3) is 6.08 Å². The van der Waals surface area contributed by atoms with Crippen molar-refractivity contribution >= 4 is 12.0 Å². The number of pyridine rings is 1. The quantitative estimate of drug-likeness (QED) is 0.658. The molecule has 0 aliphatic rings. The van der Waals surface area contributed by atoms with Gasteiger partial charge in [-0.15, -0.1) is 0 Å². The van der Waals surface area contributed by atoms with Gasteiger partial charge in [-0.25, -0.2) is 4.79 Å². The molecule has 4 heteroatoms. The molecule has 0 aliphatic heterocycles. The standard InChI is InChI=1S/C19H20N2O2/c1-2-18(20)19(22)23-12-4-6-15-7-9-16(10-8-15)13-17-5-3-11-21-14-17/h2-11,14H,12-13,20H2,1H3/b6-4?,18-2-. The van der Waals surface area contributed by atoms with Crippen molar-refractivity contribution in [2.24, 2.45) is 5.73 Å². The van der Waals surface area contributed by atoms with Crippen LogP contribution < -0.4 is 5.73 Å². The maximum absolute atomic E-state index is 11.3. The smallest absolute Gasteiger partial charge is 0.354 e. The van der Waals surface area contributed by atoms with Gasteiger partial charge in [0.05, 0.1) is 0 Å². The van der Waals surface area contributed by atoms with E-state index >= 15 is 0 Å². The van der Waals surface area contributed by atoms with Crippen molar-refractivity contribution in [2.75, 3.05) is 6.61 Å². The van der Waals surface area contributed by atoms with Gasteiger partial charge in [0.1, 0.15) is 12.3 Å². The lowest BCUT2D eigenvalue weighted by Gasteiger charge is -2.02. The van der Waals surface area contributed by atoms with Crippen molar-refractivity contribution in [3.8, 4) is 0 Å². The number of hydrogen-bond acceptors (Lipinski definition) is 4. The van der Waals surface area contributed by atoms with Gasteiger partial charge in [0.25, 0.3) is 0 Å². The Morgan fingerprint density at radius 1 is 1.22 bits per heavy atom. The first kappa shape index (κ1) is 16.5. The highest BCUT2D eigenvalue weighted by Gasteiger charge is 2.02. The molecule has 1 aromatic carbocycles. The Bertz CT molecular complexity index is 689. The molecule has 1 heterocycles. The zero-order chi connectivity index (χ0) is 16.5. The molecule has 0 aliphatic carbocycles. The number of rotatable bonds is 6. The number of nitrogens with two attached hydrogens (primary N) is 1. The zero-order valence-corrected chi connectivity index (χ0v) is 13.1. The van der Waals surface area contributed by atoms with E-state index in [1.54, 1.807) is 19.2 Å². The largest absolute Gasteiger partial charge is 0.457 e. The first-order valence-electron chi connectivity index (χ1n) is 7.42. The Morgan fingerprint density at radius 2 is 2.00 bits per heavy atom. The van der Waals surface area contributed by atoms with Crippen LogP contribution in [0.3, 0.4) is 0 Å². The summed E-state index contributed by atoms with van der Waals surface area (Å²) < 4.78 is 4.99. The van der Waals surface area contributed by atoms with Gasteiger partial charge in [0.2, 0.25) is 0 Å². The van der Waals surface area contributed by atoms with Crippen molar-refractivity contribution in [1.82, 2.24) is 4.98 Å². The molecule has 2 aromatic rings. The molecule has 0 atom stereocenters. The summed E-state index contributed by atoms with van der Waals surface area (Å²) in [5, 5.41) is 0. The van der Waals surface area contributed by atoms with Crippen LogP contribution in [0.1, 0.15) is 23.6 Å². The van der Waals surface area contributed by atoms with Gasteiger partial charge in [-0.05, 0) is 42.2 Å². The molecule has 0 saturated heterocycles. The van der Waals surface area contributed by atoms with Crippen LogP contribution in [-0.2, 0) is 16.0 Å². The number of ether oxygens (including phenoxy) is 1. The number of hydrogen-bond donors (Lipinski definition) is 1. The van der Waals surface area contributed by atoms with Crippen LogP contribution in [0.4, 0.5) is 0 Å². The topological polar surface area (TPSA) is 65.2 Å². The highest BCUT2D eigenvalue weighted by molar-refractivity contribution is 5.87. The number of nitrogens with zero attached hydrogens (tertiary/aromatic N) is 1. The fourth-order valence-corrected chi connectivity index (χ4v) is 1.99. The fraction of sp³-hybridized carbons (Fsp3) is 0.158. The van der Waals surface area contributed by atoms with Gasteiger partial charge >= 0.3 is 5.97 Å². The fourth-order valence-electron chi connectivity index (χ4n) is 1.99. The molecule has 0 bridgehead atoms. The van der Waals surface area contributed by atoms with Gasteiger partial charge in [-0.1, -0.05) is 42.5 Å². The highest BCUT2D eigenvalue weighted by atomic mass is 16.5. The van der Waals surface area contributed by atoms with Crippen molar-refractivity contribution < 1.29 is 9.53 Å². The first-order chi connectivity index (χ1) is 11.2. The molecule has 2 rings (SSSR count). The predicted molar refractivity (Wildman–Crippen MR) is 91.4 cm³/mol.